The van der Waals surface area contributed by atoms with E-state index >= 15 is 0 Å². The number of hydrogen-bond donors (Lipinski definition) is 1. The summed E-state index contributed by atoms with van der Waals surface area (Å²) in [5, 5.41) is 0.447. The van der Waals surface area contributed by atoms with E-state index in [0.717, 1.165) is 5.56 Å². The van der Waals surface area contributed by atoms with Gasteiger partial charge in [-0.25, -0.2) is 8.42 Å². The van der Waals surface area contributed by atoms with Crippen LogP contribution in [-0.2, 0) is 10.0 Å². The van der Waals surface area contributed by atoms with Crippen molar-refractivity contribution in [1.82, 2.24) is 0 Å². The Balaban J connectivity index is 2.37. The van der Waals surface area contributed by atoms with Crippen LogP contribution in [0.5, 0.6) is 0 Å². The maximum Gasteiger partial charge on any atom is 0.263 e. The lowest BCUT2D eigenvalue weighted by molar-refractivity contribution is 0.601. The molecule has 2 aromatic rings. The van der Waals surface area contributed by atoms with Crippen LogP contribution in [0.15, 0.2) is 47.4 Å². The Kier molecular flexibility index (Phi) is 4.81. The quantitative estimate of drug-likeness (QED) is 0.856. The van der Waals surface area contributed by atoms with Crippen LogP contribution in [-0.4, -0.2) is 8.42 Å². The largest absolute Gasteiger partial charge is 0.280 e. The fraction of sp³-hybridized carbons (Fsp3) is 0.200. The molecule has 21 heavy (non-hydrogen) atoms. The Morgan fingerprint density at radius 1 is 1.05 bits per heavy atom. The molecular formula is C15H15Cl2NO2S. The third-order valence-electron chi connectivity index (χ3n) is 2.99. The van der Waals surface area contributed by atoms with Gasteiger partial charge < -0.3 is 0 Å². The minimum Gasteiger partial charge on any atom is -0.280 e. The Labute approximate surface area is 135 Å². The van der Waals surface area contributed by atoms with Crippen molar-refractivity contribution >= 4 is 38.9 Å². The summed E-state index contributed by atoms with van der Waals surface area (Å²) in [5.74, 6) is 0.309. The maximum atomic E-state index is 12.4. The molecule has 0 saturated heterocycles. The van der Waals surface area contributed by atoms with Crippen LogP contribution in [0.3, 0.4) is 0 Å². The van der Waals surface area contributed by atoms with E-state index < -0.39 is 10.0 Å². The molecule has 6 heteroatoms. The third kappa shape index (κ3) is 3.90. The fourth-order valence-electron chi connectivity index (χ4n) is 1.85. The van der Waals surface area contributed by atoms with Crippen LogP contribution in [0, 0.1) is 0 Å². The van der Waals surface area contributed by atoms with E-state index in [9.17, 15) is 8.42 Å². The molecule has 3 nitrogen and oxygen atoms in total. The summed E-state index contributed by atoms with van der Waals surface area (Å²) in [6, 6.07) is 11.6. The molecule has 0 atom stereocenters. The standard InChI is InChI=1S/C15H15Cl2NO2S/c1-10(2)11-4-3-5-13(8-11)18-21(19,20)15-9-12(16)6-7-14(15)17/h3-10,18H,1-2H3. The van der Waals surface area contributed by atoms with E-state index in [1.807, 2.05) is 26.0 Å². The van der Waals surface area contributed by atoms with Crippen LogP contribution in [0.1, 0.15) is 25.3 Å². The van der Waals surface area contributed by atoms with Gasteiger partial charge in [-0.3, -0.25) is 4.72 Å². The van der Waals surface area contributed by atoms with Crippen LogP contribution < -0.4 is 4.72 Å². The molecule has 2 rings (SSSR count). The molecule has 0 bridgehead atoms. The van der Waals surface area contributed by atoms with Crippen molar-refractivity contribution in [2.24, 2.45) is 0 Å². The minimum absolute atomic E-state index is 0.0355. The van der Waals surface area contributed by atoms with Gasteiger partial charge in [-0.15, -0.1) is 0 Å². The van der Waals surface area contributed by atoms with E-state index in [1.54, 1.807) is 18.2 Å². The van der Waals surface area contributed by atoms with Gasteiger partial charge in [0.1, 0.15) is 4.90 Å². The smallest absolute Gasteiger partial charge is 0.263 e. The average molecular weight is 344 g/mol. The number of anilines is 1. The molecule has 0 radical (unpaired) electrons. The number of nitrogens with one attached hydrogen (secondary N) is 1. The van der Waals surface area contributed by atoms with Crippen molar-refractivity contribution < 1.29 is 8.42 Å². The topological polar surface area (TPSA) is 46.2 Å². The van der Waals surface area contributed by atoms with Crippen molar-refractivity contribution in [2.75, 3.05) is 4.72 Å². The first-order valence-corrected chi connectivity index (χ1v) is 8.61. The Bertz CT molecular complexity index is 758. The summed E-state index contributed by atoms with van der Waals surface area (Å²) in [5.41, 5.74) is 1.55. The summed E-state index contributed by atoms with van der Waals surface area (Å²) in [6.45, 7) is 4.09. The lowest BCUT2D eigenvalue weighted by Crippen LogP contribution is -2.13. The van der Waals surface area contributed by atoms with Gasteiger partial charge in [-0.1, -0.05) is 49.2 Å². The molecule has 0 aliphatic carbocycles. The molecule has 0 aromatic heterocycles. The number of sulfonamides is 1. The molecule has 0 amide bonds. The van der Waals surface area contributed by atoms with Gasteiger partial charge in [0, 0.05) is 10.7 Å². The van der Waals surface area contributed by atoms with E-state index in [0.29, 0.717) is 16.6 Å². The van der Waals surface area contributed by atoms with Gasteiger partial charge in [0.15, 0.2) is 0 Å². The lowest BCUT2D eigenvalue weighted by atomic mass is 10.0. The molecule has 0 saturated carbocycles. The highest BCUT2D eigenvalue weighted by molar-refractivity contribution is 7.92. The second-order valence-electron chi connectivity index (χ2n) is 4.96. The van der Waals surface area contributed by atoms with Crippen LogP contribution in [0.25, 0.3) is 0 Å². The second kappa shape index (κ2) is 6.26. The van der Waals surface area contributed by atoms with Gasteiger partial charge >= 0.3 is 0 Å². The summed E-state index contributed by atoms with van der Waals surface area (Å²) in [6.07, 6.45) is 0. The number of hydrogen-bond acceptors (Lipinski definition) is 2. The predicted molar refractivity (Wildman–Crippen MR) is 87.8 cm³/mol. The normalized spacial score (nSPS) is 11.7. The zero-order valence-corrected chi connectivity index (χ0v) is 13.9. The first kappa shape index (κ1) is 16.1. The Morgan fingerprint density at radius 2 is 1.76 bits per heavy atom. The van der Waals surface area contributed by atoms with E-state index in [2.05, 4.69) is 4.72 Å². The average Bonchev–Trinajstić information content (AvgIpc) is 2.41. The van der Waals surface area contributed by atoms with Crippen molar-refractivity contribution in [2.45, 2.75) is 24.7 Å². The van der Waals surface area contributed by atoms with Crippen LogP contribution in [0.2, 0.25) is 10.0 Å². The molecule has 1 N–H and O–H groups in total. The number of halogens is 2. The summed E-state index contributed by atoms with van der Waals surface area (Å²) >= 11 is 11.8. The third-order valence-corrected chi connectivity index (χ3v) is 5.09. The molecule has 0 unspecified atom stereocenters. The van der Waals surface area contributed by atoms with Crippen molar-refractivity contribution in [1.29, 1.82) is 0 Å². The fourth-order valence-corrected chi connectivity index (χ4v) is 3.67. The van der Waals surface area contributed by atoms with Crippen molar-refractivity contribution in [3.8, 4) is 0 Å². The zero-order chi connectivity index (χ0) is 15.6. The van der Waals surface area contributed by atoms with Gasteiger partial charge in [-0.05, 0) is 41.8 Å². The highest BCUT2D eigenvalue weighted by atomic mass is 35.5. The Morgan fingerprint density at radius 3 is 2.43 bits per heavy atom. The minimum atomic E-state index is -3.78. The van der Waals surface area contributed by atoms with Gasteiger partial charge in [0.2, 0.25) is 0 Å². The molecule has 112 valence electrons. The van der Waals surface area contributed by atoms with Crippen molar-refractivity contribution in [3.05, 3.63) is 58.1 Å². The monoisotopic (exact) mass is 343 g/mol. The first-order valence-electron chi connectivity index (χ1n) is 6.37. The van der Waals surface area contributed by atoms with Crippen LogP contribution in [0.4, 0.5) is 5.69 Å². The van der Waals surface area contributed by atoms with Gasteiger partial charge in [0.05, 0.1) is 5.02 Å². The zero-order valence-electron chi connectivity index (χ0n) is 11.6. The van der Waals surface area contributed by atoms with Crippen LogP contribution >= 0.6 is 23.2 Å². The van der Waals surface area contributed by atoms with E-state index in [4.69, 9.17) is 23.2 Å². The molecule has 2 aromatic carbocycles. The molecule has 0 spiro atoms. The lowest BCUT2D eigenvalue weighted by Gasteiger charge is -2.12. The summed E-state index contributed by atoms with van der Waals surface area (Å²) in [4.78, 5) is -0.0355. The van der Waals surface area contributed by atoms with Gasteiger partial charge in [0.25, 0.3) is 10.0 Å². The molecular weight excluding hydrogens is 329 g/mol. The molecule has 0 aliphatic heterocycles. The summed E-state index contributed by atoms with van der Waals surface area (Å²) in [7, 11) is -3.78. The summed E-state index contributed by atoms with van der Waals surface area (Å²) < 4.78 is 27.3. The maximum absolute atomic E-state index is 12.4. The highest BCUT2D eigenvalue weighted by Crippen LogP contribution is 2.27. The first-order chi connectivity index (χ1) is 9.79. The van der Waals surface area contributed by atoms with Gasteiger partial charge in [-0.2, -0.15) is 0 Å². The molecule has 0 fully saturated rings. The number of benzene rings is 2. The second-order valence-corrected chi connectivity index (χ2v) is 7.45. The molecule has 0 aliphatic rings. The van der Waals surface area contributed by atoms with E-state index in [1.165, 1.54) is 12.1 Å². The highest BCUT2D eigenvalue weighted by Gasteiger charge is 2.18. The predicted octanol–water partition coefficient (Wildman–Crippen LogP) is 4.92. The van der Waals surface area contributed by atoms with Crippen molar-refractivity contribution in [3.63, 3.8) is 0 Å². The number of rotatable bonds is 4. The molecule has 0 heterocycles. The SMILES string of the molecule is CC(C)c1cccc(NS(=O)(=O)c2cc(Cl)ccc2Cl)c1. The van der Waals surface area contributed by atoms with E-state index in [-0.39, 0.29) is 9.92 Å². The Hall–Kier alpha value is -1.23.